The van der Waals surface area contributed by atoms with E-state index in [2.05, 4.69) is 11.2 Å². The molecule has 76 valence electrons. The van der Waals surface area contributed by atoms with Crippen molar-refractivity contribution in [2.24, 2.45) is 5.92 Å². The number of hydrogen-bond acceptors (Lipinski definition) is 3. The predicted octanol–water partition coefficient (Wildman–Crippen LogP) is 1.46. The summed E-state index contributed by atoms with van der Waals surface area (Å²) in [5.41, 5.74) is 0. The first-order chi connectivity index (χ1) is 6.42. The van der Waals surface area contributed by atoms with Crippen LogP contribution in [-0.4, -0.2) is 49.3 Å². The molecule has 2 rings (SSSR count). The summed E-state index contributed by atoms with van der Waals surface area (Å²) in [6.07, 6.45) is 4.95. The van der Waals surface area contributed by atoms with Crippen LogP contribution in [0.15, 0.2) is 0 Å². The third-order valence-corrected chi connectivity index (χ3v) is 3.83. The maximum Gasteiger partial charge on any atom is 0.0625 e. The van der Waals surface area contributed by atoms with Gasteiger partial charge in [0.25, 0.3) is 0 Å². The Kier molecular flexibility index (Phi) is 3.52. The zero-order valence-electron chi connectivity index (χ0n) is 8.37. The molecule has 0 aliphatic carbocycles. The molecule has 2 saturated heterocycles. The fraction of sp³-hybridized carbons (Fsp3) is 1.00. The summed E-state index contributed by atoms with van der Waals surface area (Å²) >= 11 is 1.95. The van der Waals surface area contributed by atoms with Gasteiger partial charge in [0.1, 0.15) is 0 Å². The van der Waals surface area contributed by atoms with Crippen molar-refractivity contribution >= 4 is 11.8 Å². The maximum atomic E-state index is 5.55. The quantitative estimate of drug-likeness (QED) is 0.686. The van der Waals surface area contributed by atoms with Gasteiger partial charge in [-0.2, -0.15) is 11.8 Å². The summed E-state index contributed by atoms with van der Waals surface area (Å²) in [6.45, 7) is 4.55. The lowest BCUT2D eigenvalue weighted by Crippen LogP contribution is -2.45. The average Bonchev–Trinajstić information content (AvgIpc) is 2.62. The first-order valence-electron chi connectivity index (χ1n) is 5.22. The Morgan fingerprint density at radius 1 is 1.46 bits per heavy atom. The van der Waals surface area contributed by atoms with Crippen LogP contribution in [0.2, 0.25) is 0 Å². The molecule has 0 amide bonds. The van der Waals surface area contributed by atoms with Crippen LogP contribution < -0.4 is 0 Å². The number of ether oxygens (including phenoxy) is 1. The number of piperidine rings is 1. The molecule has 2 atom stereocenters. The Morgan fingerprint density at radius 2 is 2.38 bits per heavy atom. The molecule has 2 fully saturated rings. The number of fused-ring (bicyclic) bond motifs is 1. The molecule has 2 heterocycles. The van der Waals surface area contributed by atoms with Crippen molar-refractivity contribution in [2.75, 3.05) is 38.3 Å². The summed E-state index contributed by atoms with van der Waals surface area (Å²) in [5, 5.41) is 0. The average molecular weight is 201 g/mol. The topological polar surface area (TPSA) is 12.5 Å². The molecule has 0 aromatic heterocycles. The zero-order chi connectivity index (χ0) is 9.10. The number of hydrogen-bond donors (Lipinski definition) is 0. The highest BCUT2D eigenvalue weighted by atomic mass is 32.2. The van der Waals surface area contributed by atoms with E-state index in [0.29, 0.717) is 0 Å². The van der Waals surface area contributed by atoms with E-state index in [4.69, 9.17) is 4.74 Å². The molecule has 0 saturated carbocycles. The zero-order valence-corrected chi connectivity index (χ0v) is 9.18. The largest absolute Gasteiger partial charge is 0.379 e. The molecule has 0 aromatic rings. The smallest absolute Gasteiger partial charge is 0.0625 e. The van der Waals surface area contributed by atoms with Gasteiger partial charge in [-0.3, -0.25) is 4.90 Å². The summed E-state index contributed by atoms with van der Waals surface area (Å²) in [6, 6.07) is 0.751. The second kappa shape index (κ2) is 4.67. The molecule has 0 aromatic carbocycles. The van der Waals surface area contributed by atoms with Gasteiger partial charge in [-0.1, -0.05) is 0 Å². The first kappa shape index (κ1) is 9.81. The van der Waals surface area contributed by atoms with Gasteiger partial charge in [-0.15, -0.1) is 0 Å². The molecular formula is C10H19NOS. The SMILES string of the molecule is CSCCN1CCC[C@H]2COC[C@H]21. The monoisotopic (exact) mass is 201 g/mol. The van der Waals surface area contributed by atoms with Gasteiger partial charge < -0.3 is 4.74 Å². The Balaban J connectivity index is 1.86. The minimum absolute atomic E-state index is 0.751. The van der Waals surface area contributed by atoms with Crippen LogP contribution in [0.3, 0.4) is 0 Å². The first-order valence-corrected chi connectivity index (χ1v) is 6.62. The highest BCUT2D eigenvalue weighted by Gasteiger charge is 2.35. The number of thioether (sulfide) groups is 1. The summed E-state index contributed by atoms with van der Waals surface area (Å²) in [7, 11) is 0. The standard InChI is InChI=1S/C10H19NOS/c1-13-6-5-11-4-2-3-9-7-12-8-10(9)11/h9-10H,2-8H2,1H3/t9-,10+/m0/s1. The normalized spacial score (nSPS) is 34.8. The Hall–Kier alpha value is 0.270. The fourth-order valence-electron chi connectivity index (χ4n) is 2.48. The number of nitrogens with zero attached hydrogens (tertiary/aromatic N) is 1. The van der Waals surface area contributed by atoms with Gasteiger partial charge >= 0.3 is 0 Å². The van der Waals surface area contributed by atoms with Gasteiger partial charge in [0.05, 0.1) is 13.2 Å². The molecule has 0 spiro atoms. The molecule has 3 heteroatoms. The Labute approximate surface area is 85.0 Å². The van der Waals surface area contributed by atoms with Crippen molar-refractivity contribution < 1.29 is 4.74 Å². The van der Waals surface area contributed by atoms with Crippen LogP contribution in [0.5, 0.6) is 0 Å². The molecule has 2 aliphatic rings. The summed E-state index contributed by atoms with van der Waals surface area (Å²) < 4.78 is 5.55. The van der Waals surface area contributed by atoms with Crippen molar-refractivity contribution in [1.82, 2.24) is 4.90 Å². The maximum absolute atomic E-state index is 5.55. The van der Waals surface area contributed by atoms with Crippen molar-refractivity contribution in [1.29, 1.82) is 0 Å². The minimum Gasteiger partial charge on any atom is -0.379 e. The predicted molar refractivity (Wildman–Crippen MR) is 57.3 cm³/mol. The van der Waals surface area contributed by atoms with Crippen molar-refractivity contribution in [3.63, 3.8) is 0 Å². The lowest BCUT2D eigenvalue weighted by atomic mass is 9.92. The Morgan fingerprint density at radius 3 is 3.23 bits per heavy atom. The van der Waals surface area contributed by atoms with Gasteiger partial charge in [0, 0.05) is 24.3 Å². The van der Waals surface area contributed by atoms with E-state index >= 15 is 0 Å². The van der Waals surface area contributed by atoms with Crippen LogP contribution >= 0.6 is 11.8 Å². The van der Waals surface area contributed by atoms with E-state index in [9.17, 15) is 0 Å². The third kappa shape index (κ3) is 2.20. The molecule has 0 bridgehead atoms. The van der Waals surface area contributed by atoms with E-state index in [1.54, 1.807) is 0 Å². The minimum atomic E-state index is 0.751. The summed E-state index contributed by atoms with van der Waals surface area (Å²) in [5.74, 6) is 2.11. The van der Waals surface area contributed by atoms with Crippen LogP contribution in [0.4, 0.5) is 0 Å². The molecule has 2 aliphatic heterocycles. The van der Waals surface area contributed by atoms with E-state index in [0.717, 1.165) is 25.2 Å². The van der Waals surface area contributed by atoms with E-state index in [1.165, 1.54) is 31.7 Å². The lowest BCUT2D eigenvalue weighted by molar-refractivity contribution is 0.124. The van der Waals surface area contributed by atoms with Crippen LogP contribution in [0.1, 0.15) is 12.8 Å². The summed E-state index contributed by atoms with van der Waals surface area (Å²) in [4.78, 5) is 2.64. The number of rotatable bonds is 3. The molecule has 2 nitrogen and oxygen atoms in total. The lowest BCUT2D eigenvalue weighted by Gasteiger charge is -2.36. The molecule has 0 radical (unpaired) electrons. The third-order valence-electron chi connectivity index (χ3n) is 3.24. The Bertz CT molecular complexity index is 165. The highest BCUT2D eigenvalue weighted by molar-refractivity contribution is 7.98. The van der Waals surface area contributed by atoms with Crippen molar-refractivity contribution in [3.8, 4) is 0 Å². The highest BCUT2D eigenvalue weighted by Crippen LogP contribution is 2.28. The fourth-order valence-corrected chi connectivity index (χ4v) is 2.89. The van der Waals surface area contributed by atoms with Gasteiger partial charge in [-0.05, 0) is 25.6 Å². The van der Waals surface area contributed by atoms with Gasteiger partial charge in [0.2, 0.25) is 0 Å². The molecule has 13 heavy (non-hydrogen) atoms. The van der Waals surface area contributed by atoms with Crippen LogP contribution in [0, 0.1) is 5.92 Å². The van der Waals surface area contributed by atoms with Crippen molar-refractivity contribution in [3.05, 3.63) is 0 Å². The number of likely N-dealkylation sites (tertiary alicyclic amines) is 1. The van der Waals surface area contributed by atoms with E-state index < -0.39 is 0 Å². The van der Waals surface area contributed by atoms with Crippen LogP contribution in [-0.2, 0) is 4.74 Å². The van der Waals surface area contributed by atoms with Gasteiger partial charge in [0.15, 0.2) is 0 Å². The van der Waals surface area contributed by atoms with Crippen molar-refractivity contribution in [2.45, 2.75) is 18.9 Å². The second-order valence-electron chi connectivity index (χ2n) is 4.04. The van der Waals surface area contributed by atoms with E-state index in [1.807, 2.05) is 11.8 Å². The molecule has 0 N–H and O–H groups in total. The molecular weight excluding hydrogens is 182 g/mol. The second-order valence-corrected chi connectivity index (χ2v) is 5.02. The molecule has 0 unspecified atom stereocenters. The van der Waals surface area contributed by atoms with Crippen LogP contribution in [0.25, 0.3) is 0 Å². The van der Waals surface area contributed by atoms with E-state index in [-0.39, 0.29) is 0 Å². The van der Waals surface area contributed by atoms with Gasteiger partial charge in [-0.25, -0.2) is 0 Å².